The second kappa shape index (κ2) is 9.03. The van der Waals surface area contributed by atoms with Gasteiger partial charge in [0.15, 0.2) is 0 Å². The van der Waals surface area contributed by atoms with Crippen LogP contribution in [0, 0.1) is 0 Å². The molecule has 0 spiro atoms. The summed E-state index contributed by atoms with van der Waals surface area (Å²) in [5, 5.41) is 10.7. The smallest absolute Gasteiger partial charge is 0.266 e. The van der Waals surface area contributed by atoms with Crippen molar-refractivity contribution >= 4 is 63.5 Å². The third-order valence-electron chi connectivity index (χ3n) is 3.21. The van der Waals surface area contributed by atoms with E-state index in [1.807, 2.05) is 36.2 Å². The molecule has 24 heavy (non-hydrogen) atoms. The molecule has 0 atom stereocenters. The quantitative estimate of drug-likeness (QED) is 0.453. The lowest BCUT2D eigenvalue weighted by molar-refractivity contribution is -0.305. The first-order chi connectivity index (χ1) is 10.9. The van der Waals surface area contributed by atoms with E-state index in [9.17, 15) is 14.7 Å². The normalized spacial score (nSPS) is 15.6. The van der Waals surface area contributed by atoms with Crippen LogP contribution in [0.15, 0.2) is 29.2 Å². The van der Waals surface area contributed by atoms with Crippen molar-refractivity contribution in [2.75, 3.05) is 30.9 Å². The lowest BCUT2D eigenvalue weighted by atomic mass is 10.2. The maximum Gasteiger partial charge on any atom is 0.266 e. The first kappa shape index (κ1) is 20.4. The number of rotatable bonds is 6. The van der Waals surface area contributed by atoms with Gasteiger partial charge in [-0.05, 0) is 23.8 Å². The number of thioether (sulfide) groups is 1. The van der Waals surface area contributed by atoms with E-state index < -0.39 is 18.4 Å². The summed E-state index contributed by atoms with van der Waals surface area (Å²) >= 11 is 11.8. The Balaban J connectivity index is 0.00000288. The highest BCUT2D eigenvalue weighted by molar-refractivity contribution is 8.26. The van der Waals surface area contributed by atoms with Crippen molar-refractivity contribution in [3.05, 3.63) is 34.7 Å². The maximum atomic E-state index is 12.2. The average molecular weight is 388 g/mol. The van der Waals surface area contributed by atoms with Crippen molar-refractivity contribution in [1.29, 1.82) is 0 Å². The van der Waals surface area contributed by atoms with Crippen molar-refractivity contribution < 1.29 is 14.7 Å². The minimum Gasteiger partial charge on any atom is -0.548 e. The molecule has 0 unspecified atom stereocenters. The number of anilines is 1. The summed E-state index contributed by atoms with van der Waals surface area (Å²) < 4.78 is 0.226. The summed E-state index contributed by atoms with van der Waals surface area (Å²) in [5.41, 5.74) is 1.86. The second-order valence-electron chi connectivity index (χ2n) is 4.84. The second-order valence-corrected chi connectivity index (χ2v) is 6.90. The maximum absolute atomic E-state index is 12.2. The van der Waals surface area contributed by atoms with Crippen LogP contribution in [0.2, 0.25) is 0 Å². The number of carbonyl (C=O) groups excluding carboxylic acids is 2. The van der Waals surface area contributed by atoms with Crippen molar-refractivity contribution in [2.45, 2.75) is 0 Å². The lowest BCUT2D eigenvalue weighted by Gasteiger charge is -2.17. The molecule has 0 radical (unpaired) electrons. The molecular formula is C15H18ClN3O3S2. The van der Waals surface area contributed by atoms with E-state index in [2.05, 4.69) is 0 Å². The van der Waals surface area contributed by atoms with Crippen molar-refractivity contribution in [1.82, 2.24) is 11.1 Å². The molecule has 1 amide bonds. The van der Waals surface area contributed by atoms with Crippen LogP contribution in [0.3, 0.4) is 0 Å². The lowest BCUT2D eigenvalue weighted by Crippen LogP contribution is -2.40. The molecule has 130 valence electrons. The predicted octanol–water partition coefficient (Wildman–Crippen LogP) is 1.69. The van der Waals surface area contributed by atoms with Gasteiger partial charge in [-0.15, -0.1) is 11.6 Å². The molecule has 1 aliphatic rings. The summed E-state index contributed by atoms with van der Waals surface area (Å²) in [6.07, 6.45) is 1.69. The largest absolute Gasteiger partial charge is 0.548 e. The Morgan fingerprint density at radius 2 is 2.04 bits per heavy atom. The van der Waals surface area contributed by atoms with Gasteiger partial charge >= 0.3 is 0 Å². The number of carboxylic acid groups (broad SMARTS) is 1. The van der Waals surface area contributed by atoms with Crippen LogP contribution in [-0.2, 0) is 9.59 Å². The highest BCUT2D eigenvalue weighted by atomic mass is 35.5. The Bertz CT molecular complexity index is 664. The van der Waals surface area contributed by atoms with Gasteiger partial charge in [-0.25, -0.2) is 0 Å². The van der Waals surface area contributed by atoms with Gasteiger partial charge in [-0.2, -0.15) is 0 Å². The third-order valence-corrected chi connectivity index (χ3v) is 4.76. The van der Waals surface area contributed by atoms with E-state index in [0.29, 0.717) is 10.8 Å². The standard InChI is InChI=1S/C15H15ClN2O3S2.H3N/c1-17(7-6-16)11-4-2-10(3-5-11)8-12-14(21)18(9-13(19)20)15(22)23-12;/h2-5,8H,6-7,9H2,1H3,(H,19,20);1H3/b12-8+;. The van der Waals surface area contributed by atoms with Crippen molar-refractivity contribution in [3.8, 4) is 0 Å². The number of hydrogen-bond donors (Lipinski definition) is 1. The Labute approximate surface area is 155 Å². The molecule has 0 saturated carbocycles. The average Bonchev–Trinajstić information content (AvgIpc) is 2.75. The number of alkyl halides is 1. The van der Waals surface area contributed by atoms with Gasteiger partial charge in [-0.3, -0.25) is 9.69 Å². The van der Waals surface area contributed by atoms with Crippen LogP contribution in [-0.4, -0.2) is 47.1 Å². The number of carbonyl (C=O) groups is 2. The van der Waals surface area contributed by atoms with E-state index >= 15 is 0 Å². The molecule has 0 aliphatic carbocycles. The highest BCUT2D eigenvalue weighted by Crippen LogP contribution is 2.32. The van der Waals surface area contributed by atoms with Gasteiger partial charge < -0.3 is 21.0 Å². The fourth-order valence-corrected chi connectivity index (χ4v) is 3.51. The van der Waals surface area contributed by atoms with Gasteiger partial charge in [0.1, 0.15) is 4.32 Å². The van der Waals surface area contributed by atoms with Crippen LogP contribution < -0.4 is 16.2 Å². The molecule has 1 aliphatic heterocycles. The molecule has 0 aromatic heterocycles. The van der Waals surface area contributed by atoms with Crippen LogP contribution >= 0.6 is 35.6 Å². The number of carboxylic acids is 1. The Kier molecular flexibility index (Phi) is 7.68. The summed E-state index contributed by atoms with van der Waals surface area (Å²) in [6.45, 7) is 0.215. The van der Waals surface area contributed by atoms with Crippen molar-refractivity contribution in [3.63, 3.8) is 0 Å². The van der Waals surface area contributed by atoms with Crippen LogP contribution in [0.5, 0.6) is 0 Å². The zero-order chi connectivity index (χ0) is 17.0. The van der Waals surface area contributed by atoms with Gasteiger partial charge in [0.25, 0.3) is 5.91 Å². The minimum absolute atomic E-state index is 0. The zero-order valence-electron chi connectivity index (χ0n) is 13.3. The molecule has 6 nitrogen and oxygen atoms in total. The molecule has 1 aromatic carbocycles. The minimum atomic E-state index is -1.34. The molecule has 2 rings (SSSR count). The first-order valence-corrected chi connectivity index (χ1v) is 8.50. The molecule has 1 aromatic rings. The Morgan fingerprint density at radius 1 is 1.42 bits per heavy atom. The molecule has 9 heteroatoms. The summed E-state index contributed by atoms with van der Waals surface area (Å²) in [6, 6.07) is 7.62. The number of amides is 1. The number of aliphatic carboxylic acids is 1. The van der Waals surface area contributed by atoms with Crippen molar-refractivity contribution in [2.24, 2.45) is 0 Å². The third kappa shape index (κ3) is 4.94. The molecule has 1 heterocycles. The van der Waals surface area contributed by atoms with Crippen LogP contribution in [0.25, 0.3) is 6.08 Å². The van der Waals surface area contributed by atoms with Gasteiger partial charge in [0.2, 0.25) is 0 Å². The Hall–Kier alpha value is -1.61. The zero-order valence-corrected chi connectivity index (χ0v) is 15.7. The van der Waals surface area contributed by atoms with Gasteiger partial charge in [0.05, 0.1) is 17.4 Å². The number of thiocarbonyl (C=S) groups is 1. The van der Waals surface area contributed by atoms with Gasteiger partial charge in [-0.1, -0.05) is 36.1 Å². The summed E-state index contributed by atoms with van der Waals surface area (Å²) in [5.74, 6) is -1.21. The summed E-state index contributed by atoms with van der Waals surface area (Å²) in [4.78, 5) is 26.3. The topological polar surface area (TPSA) is 100 Å². The monoisotopic (exact) mass is 387 g/mol. The number of quaternary nitrogens is 1. The number of hydrogen-bond acceptors (Lipinski definition) is 6. The van der Waals surface area contributed by atoms with E-state index in [-0.39, 0.29) is 10.5 Å². The number of benzene rings is 1. The fraction of sp³-hybridized carbons (Fsp3) is 0.267. The SMILES string of the molecule is CN(CCCl)c1ccc(/C=C2/SC(=S)N(CC(=O)[O-])C2=O)cc1.[NH4+]. The van der Waals surface area contributed by atoms with E-state index in [4.69, 9.17) is 23.8 Å². The molecule has 1 saturated heterocycles. The van der Waals surface area contributed by atoms with Gasteiger partial charge in [0, 0.05) is 25.2 Å². The Morgan fingerprint density at radius 3 is 2.58 bits per heavy atom. The van der Waals surface area contributed by atoms with Crippen LogP contribution in [0.4, 0.5) is 5.69 Å². The molecule has 1 fully saturated rings. The first-order valence-electron chi connectivity index (χ1n) is 6.74. The molecular weight excluding hydrogens is 370 g/mol. The summed E-state index contributed by atoms with van der Waals surface area (Å²) in [7, 11) is 1.95. The van der Waals surface area contributed by atoms with E-state index in [0.717, 1.165) is 34.5 Å². The van der Waals surface area contributed by atoms with E-state index in [1.54, 1.807) is 6.08 Å². The fourth-order valence-electron chi connectivity index (χ4n) is 2.00. The predicted molar refractivity (Wildman–Crippen MR) is 101 cm³/mol. The highest BCUT2D eigenvalue weighted by Gasteiger charge is 2.31. The molecule has 4 N–H and O–H groups in total. The van der Waals surface area contributed by atoms with Crippen LogP contribution in [0.1, 0.15) is 5.56 Å². The number of halogens is 1. The van der Waals surface area contributed by atoms with E-state index in [1.165, 1.54) is 0 Å². The molecule has 0 bridgehead atoms. The number of nitrogens with zero attached hydrogens (tertiary/aromatic N) is 2.